The molecular formula is C10H7BrN4O3. The summed E-state index contributed by atoms with van der Waals surface area (Å²) in [7, 11) is 0. The number of rotatable bonds is 3. The molecule has 0 bridgehead atoms. The van der Waals surface area contributed by atoms with E-state index in [1.165, 1.54) is 24.4 Å². The van der Waals surface area contributed by atoms with Crippen LogP contribution in [0.25, 0.3) is 0 Å². The summed E-state index contributed by atoms with van der Waals surface area (Å²) in [6.07, 6.45) is 1.43. The maximum absolute atomic E-state index is 10.7. The number of nitro groups is 1. The predicted molar refractivity (Wildman–Crippen MR) is 67.3 cm³/mol. The molecule has 92 valence electrons. The van der Waals surface area contributed by atoms with Gasteiger partial charge in [0.05, 0.1) is 4.92 Å². The Morgan fingerprint density at radius 1 is 1.39 bits per heavy atom. The van der Waals surface area contributed by atoms with Crippen molar-refractivity contribution in [1.82, 2.24) is 9.97 Å². The Hall–Kier alpha value is -2.22. The van der Waals surface area contributed by atoms with E-state index in [0.717, 1.165) is 0 Å². The quantitative estimate of drug-likeness (QED) is 0.690. The molecule has 0 amide bonds. The molecule has 0 atom stereocenters. The molecule has 2 rings (SSSR count). The SMILES string of the molecule is Nc1ccnc(Oc2cccc([N+](=O)[O-])c2Br)n1. The fourth-order valence-electron chi connectivity index (χ4n) is 1.22. The second-order valence-electron chi connectivity index (χ2n) is 3.21. The Balaban J connectivity index is 2.35. The van der Waals surface area contributed by atoms with E-state index in [4.69, 9.17) is 10.5 Å². The van der Waals surface area contributed by atoms with E-state index in [2.05, 4.69) is 25.9 Å². The van der Waals surface area contributed by atoms with E-state index in [1.807, 2.05) is 0 Å². The van der Waals surface area contributed by atoms with Crippen LogP contribution < -0.4 is 10.5 Å². The molecule has 0 unspecified atom stereocenters. The standard InChI is InChI=1S/C10H7BrN4O3/c11-9-6(15(16)17)2-1-3-7(9)18-10-13-5-4-8(12)14-10/h1-5H,(H2,12,13,14). The summed E-state index contributed by atoms with van der Waals surface area (Å²) in [5.41, 5.74) is 5.38. The molecule has 8 heteroatoms. The highest BCUT2D eigenvalue weighted by Crippen LogP contribution is 2.35. The molecule has 0 saturated heterocycles. The number of halogens is 1. The summed E-state index contributed by atoms with van der Waals surface area (Å²) < 4.78 is 5.55. The van der Waals surface area contributed by atoms with E-state index in [0.29, 0.717) is 0 Å². The van der Waals surface area contributed by atoms with Gasteiger partial charge in [-0.25, -0.2) is 4.98 Å². The monoisotopic (exact) mass is 310 g/mol. The van der Waals surface area contributed by atoms with Crippen LogP contribution in [-0.4, -0.2) is 14.9 Å². The molecule has 1 aromatic heterocycles. The number of hydrogen-bond donors (Lipinski definition) is 1. The van der Waals surface area contributed by atoms with Gasteiger partial charge < -0.3 is 10.5 Å². The highest BCUT2D eigenvalue weighted by atomic mass is 79.9. The molecule has 0 aliphatic carbocycles. The van der Waals surface area contributed by atoms with Gasteiger partial charge in [-0.05, 0) is 28.1 Å². The number of nitrogens with two attached hydrogens (primary N) is 1. The van der Waals surface area contributed by atoms with Crippen LogP contribution in [0, 0.1) is 10.1 Å². The van der Waals surface area contributed by atoms with Gasteiger partial charge in [-0.3, -0.25) is 10.1 Å². The van der Waals surface area contributed by atoms with Gasteiger partial charge in [-0.2, -0.15) is 4.98 Å². The average molecular weight is 311 g/mol. The number of benzene rings is 1. The number of nitro benzene ring substituents is 1. The van der Waals surface area contributed by atoms with Gasteiger partial charge in [-0.1, -0.05) is 6.07 Å². The summed E-state index contributed by atoms with van der Waals surface area (Å²) in [6.45, 7) is 0. The molecule has 18 heavy (non-hydrogen) atoms. The summed E-state index contributed by atoms with van der Waals surface area (Å²) in [6, 6.07) is 5.96. The summed E-state index contributed by atoms with van der Waals surface area (Å²) in [4.78, 5) is 17.9. The van der Waals surface area contributed by atoms with E-state index < -0.39 is 4.92 Å². The van der Waals surface area contributed by atoms with Crippen LogP contribution in [0.2, 0.25) is 0 Å². The number of nitrogen functional groups attached to an aromatic ring is 1. The van der Waals surface area contributed by atoms with Gasteiger partial charge in [0.25, 0.3) is 5.69 Å². The molecule has 0 fully saturated rings. The van der Waals surface area contributed by atoms with Gasteiger partial charge >= 0.3 is 6.01 Å². The van der Waals surface area contributed by atoms with Gasteiger partial charge in [-0.15, -0.1) is 0 Å². The Morgan fingerprint density at radius 3 is 2.83 bits per heavy atom. The van der Waals surface area contributed by atoms with E-state index in [9.17, 15) is 10.1 Å². The molecular weight excluding hydrogens is 304 g/mol. The van der Waals surface area contributed by atoms with Crippen molar-refractivity contribution in [3.05, 3.63) is 45.0 Å². The zero-order chi connectivity index (χ0) is 13.1. The molecule has 2 aromatic rings. The van der Waals surface area contributed by atoms with Gasteiger partial charge in [0.15, 0.2) is 5.75 Å². The molecule has 2 N–H and O–H groups in total. The molecule has 1 aromatic carbocycles. The zero-order valence-corrected chi connectivity index (χ0v) is 10.5. The lowest BCUT2D eigenvalue weighted by Gasteiger charge is -2.05. The molecule has 1 heterocycles. The second kappa shape index (κ2) is 4.96. The Kier molecular flexibility index (Phi) is 3.38. The lowest BCUT2D eigenvalue weighted by Crippen LogP contribution is -1.97. The number of nitrogens with zero attached hydrogens (tertiary/aromatic N) is 3. The average Bonchev–Trinajstić information content (AvgIpc) is 2.31. The third-order valence-electron chi connectivity index (χ3n) is 2.00. The predicted octanol–water partition coefficient (Wildman–Crippen LogP) is 2.52. The Bertz CT molecular complexity index is 605. The number of anilines is 1. The van der Waals surface area contributed by atoms with Crippen molar-refractivity contribution >= 4 is 27.4 Å². The first kappa shape index (κ1) is 12.2. The fourth-order valence-corrected chi connectivity index (χ4v) is 1.71. The minimum absolute atomic E-state index is 0.0243. The van der Waals surface area contributed by atoms with Crippen LogP contribution in [0.4, 0.5) is 11.5 Å². The topological polar surface area (TPSA) is 104 Å². The lowest BCUT2D eigenvalue weighted by atomic mass is 10.3. The normalized spacial score (nSPS) is 10.1. The zero-order valence-electron chi connectivity index (χ0n) is 8.91. The Morgan fingerprint density at radius 2 is 2.17 bits per heavy atom. The molecule has 0 spiro atoms. The molecule has 0 aliphatic rings. The van der Waals surface area contributed by atoms with E-state index in [-0.39, 0.29) is 27.7 Å². The lowest BCUT2D eigenvalue weighted by molar-refractivity contribution is -0.385. The fraction of sp³-hybridized carbons (Fsp3) is 0. The van der Waals surface area contributed by atoms with Gasteiger partial charge in [0.1, 0.15) is 10.3 Å². The number of hydrogen-bond acceptors (Lipinski definition) is 6. The highest BCUT2D eigenvalue weighted by Gasteiger charge is 2.16. The first-order valence-corrected chi connectivity index (χ1v) is 5.56. The summed E-state index contributed by atoms with van der Waals surface area (Å²) in [5.74, 6) is 0.497. The van der Waals surface area contributed by atoms with Crippen molar-refractivity contribution in [2.24, 2.45) is 0 Å². The van der Waals surface area contributed by atoms with Crippen molar-refractivity contribution in [1.29, 1.82) is 0 Å². The maximum Gasteiger partial charge on any atom is 0.323 e. The molecule has 0 aliphatic heterocycles. The van der Waals surface area contributed by atoms with E-state index >= 15 is 0 Å². The van der Waals surface area contributed by atoms with Crippen LogP contribution in [0.1, 0.15) is 0 Å². The van der Waals surface area contributed by atoms with Gasteiger partial charge in [0.2, 0.25) is 0 Å². The molecule has 0 saturated carbocycles. The van der Waals surface area contributed by atoms with Crippen molar-refractivity contribution < 1.29 is 9.66 Å². The second-order valence-corrected chi connectivity index (χ2v) is 4.01. The first-order chi connectivity index (χ1) is 8.58. The minimum Gasteiger partial charge on any atom is -0.423 e. The van der Waals surface area contributed by atoms with Crippen LogP contribution >= 0.6 is 15.9 Å². The van der Waals surface area contributed by atoms with Crippen molar-refractivity contribution in [3.63, 3.8) is 0 Å². The summed E-state index contributed by atoms with van der Waals surface area (Å²) >= 11 is 3.10. The van der Waals surface area contributed by atoms with Crippen LogP contribution in [0.5, 0.6) is 11.8 Å². The summed E-state index contributed by atoms with van der Waals surface area (Å²) in [5, 5.41) is 10.7. The molecule has 7 nitrogen and oxygen atoms in total. The first-order valence-electron chi connectivity index (χ1n) is 4.77. The van der Waals surface area contributed by atoms with Crippen molar-refractivity contribution in [3.8, 4) is 11.8 Å². The van der Waals surface area contributed by atoms with Crippen molar-refractivity contribution in [2.75, 3.05) is 5.73 Å². The largest absolute Gasteiger partial charge is 0.423 e. The minimum atomic E-state index is -0.517. The van der Waals surface area contributed by atoms with Crippen LogP contribution in [0.15, 0.2) is 34.9 Å². The van der Waals surface area contributed by atoms with Crippen LogP contribution in [-0.2, 0) is 0 Å². The maximum atomic E-state index is 10.7. The van der Waals surface area contributed by atoms with Gasteiger partial charge in [0, 0.05) is 12.3 Å². The number of aromatic nitrogens is 2. The third kappa shape index (κ3) is 2.54. The highest BCUT2D eigenvalue weighted by molar-refractivity contribution is 9.10. The Labute approximate surface area is 110 Å². The number of ether oxygens (including phenoxy) is 1. The van der Waals surface area contributed by atoms with Crippen molar-refractivity contribution in [2.45, 2.75) is 0 Å². The van der Waals surface area contributed by atoms with Crippen LogP contribution in [0.3, 0.4) is 0 Å². The smallest absolute Gasteiger partial charge is 0.323 e. The third-order valence-corrected chi connectivity index (χ3v) is 2.79. The molecule has 0 radical (unpaired) electrons. The van der Waals surface area contributed by atoms with E-state index in [1.54, 1.807) is 6.07 Å².